The number of aliphatic carboxylic acids is 1. The molecule has 0 aromatic heterocycles. The molecule has 0 radical (unpaired) electrons. The van der Waals surface area contributed by atoms with Gasteiger partial charge < -0.3 is 24.1 Å². The largest absolute Gasteiger partial charge is 0.497 e. The molecule has 2 aromatic carbocycles. The third kappa shape index (κ3) is 3.82. The molecular weight excluding hydrogens is 374 g/mol. The number of ether oxygens (including phenoxy) is 4. The molecule has 0 spiro atoms. The van der Waals surface area contributed by atoms with Crippen LogP contribution in [-0.2, 0) is 4.79 Å². The number of carboxylic acids is 1. The maximum absolute atomic E-state index is 11.4. The zero-order chi connectivity index (χ0) is 20.4. The smallest absolute Gasteiger partial charge is 0.306 e. The third-order valence-corrected chi connectivity index (χ3v) is 5.69. The lowest BCUT2D eigenvalue weighted by molar-refractivity contribution is -0.143. The summed E-state index contributed by atoms with van der Waals surface area (Å²) in [4.78, 5) is 13.7. The third-order valence-electron chi connectivity index (χ3n) is 5.69. The van der Waals surface area contributed by atoms with E-state index in [9.17, 15) is 9.90 Å². The van der Waals surface area contributed by atoms with E-state index in [1.165, 1.54) is 0 Å². The number of likely N-dealkylation sites (tertiary alicyclic amines) is 1. The van der Waals surface area contributed by atoms with Crippen molar-refractivity contribution in [3.63, 3.8) is 0 Å². The Bertz CT molecular complexity index is 891. The van der Waals surface area contributed by atoms with E-state index in [1.54, 1.807) is 14.2 Å². The van der Waals surface area contributed by atoms with Gasteiger partial charge in [0.25, 0.3) is 0 Å². The standard InChI is InChI=1S/C22H25NO6/c1-26-16-4-6-18(27-2)17(12-16)21(23-9-7-14(8-10-23)22(24)25)15-3-5-19-20(11-15)29-13-28-19/h3-6,11-12,14,21H,7-10,13H2,1-2H3,(H,24,25). The van der Waals surface area contributed by atoms with Crippen LogP contribution in [0.5, 0.6) is 23.0 Å². The second kappa shape index (κ2) is 8.21. The zero-order valence-electron chi connectivity index (χ0n) is 16.6. The van der Waals surface area contributed by atoms with Crippen LogP contribution in [0.4, 0.5) is 0 Å². The SMILES string of the molecule is COc1ccc(OC)c(C(c2ccc3c(c2)OCO3)N2CCC(C(=O)O)CC2)c1. The molecule has 0 amide bonds. The highest BCUT2D eigenvalue weighted by molar-refractivity contribution is 5.70. The zero-order valence-corrected chi connectivity index (χ0v) is 16.6. The molecule has 29 heavy (non-hydrogen) atoms. The Morgan fingerprint density at radius 1 is 1.07 bits per heavy atom. The van der Waals surface area contributed by atoms with Crippen molar-refractivity contribution in [2.75, 3.05) is 34.1 Å². The van der Waals surface area contributed by atoms with E-state index in [4.69, 9.17) is 18.9 Å². The van der Waals surface area contributed by atoms with Crippen LogP contribution in [0.15, 0.2) is 36.4 Å². The van der Waals surface area contributed by atoms with E-state index < -0.39 is 5.97 Å². The average molecular weight is 399 g/mol. The first-order valence-corrected chi connectivity index (χ1v) is 9.69. The van der Waals surface area contributed by atoms with Crippen LogP contribution in [0.3, 0.4) is 0 Å². The number of fused-ring (bicyclic) bond motifs is 1. The van der Waals surface area contributed by atoms with Gasteiger partial charge in [0, 0.05) is 5.56 Å². The highest BCUT2D eigenvalue weighted by atomic mass is 16.7. The van der Waals surface area contributed by atoms with Gasteiger partial charge in [-0.2, -0.15) is 0 Å². The van der Waals surface area contributed by atoms with Gasteiger partial charge in [0.15, 0.2) is 11.5 Å². The van der Waals surface area contributed by atoms with Gasteiger partial charge in [-0.3, -0.25) is 9.69 Å². The highest BCUT2D eigenvalue weighted by Crippen LogP contribution is 2.42. The topological polar surface area (TPSA) is 77.5 Å². The summed E-state index contributed by atoms with van der Waals surface area (Å²) in [5, 5.41) is 9.37. The van der Waals surface area contributed by atoms with Gasteiger partial charge in [-0.05, 0) is 61.8 Å². The number of methoxy groups -OCH3 is 2. The van der Waals surface area contributed by atoms with E-state index >= 15 is 0 Å². The number of piperidine rings is 1. The van der Waals surface area contributed by atoms with Gasteiger partial charge in [0.2, 0.25) is 6.79 Å². The molecule has 0 bridgehead atoms. The number of benzene rings is 2. The Kier molecular flexibility index (Phi) is 5.49. The minimum atomic E-state index is -0.719. The predicted molar refractivity (Wildman–Crippen MR) is 106 cm³/mol. The number of carbonyl (C=O) groups is 1. The average Bonchev–Trinajstić information content (AvgIpc) is 3.22. The molecule has 154 valence electrons. The normalized spacial score (nSPS) is 17.7. The minimum absolute atomic E-state index is 0.121. The Labute approximate surface area is 169 Å². The van der Waals surface area contributed by atoms with Crippen LogP contribution >= 0.6 is 0 Å². The first kappa shape index (κ1) is 19.4. The summed E-state index contributed by atoms with van der Waals surface area (Å²) in [5.74, 6) is 1.93. The van der Waals surface area contributed by atoms with E-state index in [0.717, 1.165) is 34.1 Å². The summed E-state index contributed by atoms with van der Waals surface area (Å²) in [6.07, 6.45) is 1.23. The molecule has 2 aliphatic rings. The fourth-order valence-electron chi connectivity index (χ4n) is 4.13. The van der Waals surface area contributed by atoms with Gasteiger partial charge >= 0.3 is 5.97 Å². The Hall–Kier alpha value is -2.93. The van der Waals surface area contributed by atoms with Crippen molar-refractivity contribution in [2.24, 2.45) is 5.92 Å². The molecule has 2 aliphatic heterocycles. The van der Waals surface area contributed by atoms with Crippen LogP contribution in [0.2, 0.25) is 0 Å². The molecule has 0 aliphatic carbocycles. The maximum atomic E-state index is 11.4. The molecule has 2 aromatic rings. The molecule has 7 heteroatoms. The molecule has 7 nitrogen and oxygen atoms in total. The van der Waals surface area contributed by atoms with Crippen molar-refractivity contribution in [1.82, 2.24) is 4.90 Å². The van der Waals surface area contributed by atoms with Crippen molar-refractivity contribution in [3.8, 4) is 23.0 Å². The maximum Gasteiger partial charge on any atom is 0.306 e. The molecular formula is C22H25NO6. The number of rotatable bonds is 6. The van der Waals surface area contributed by atoms with Crippen LogP contribution in [0.25, 0.3) is 0 Å². The number of nitrogens with zero attached hydrogens (tertiary/aromatic N) is 1. The van der Waals surface area contributed by atoms with Crippen LogP contribution in [0.1, 0.15) is 30.0 Å². The van der Waals surface area contributed by atoms with Gasteiger partial charge in [0.1, 0.15) is 11.5 Å². The first-order valence-electron chi connectivity index (χ1n) is 9.69. The van der Waals surface area contributed by atoms with Crippen molar-refractivity contribution < 1.29 is 28.8 Å². The lowest BCUT2D eigenvalue weighted by Gasteiger charge is -2.37. The molecule has 0 saturated carbocycles. The molecule has 4 rings (SSSR count). The molecule has 2 heterocycles. The van der Waals surface area contributed by atoms with Crippen LogP contribution < -0.4 is 18.9 Å². The van der Waals surface area contributed by atoms with Crippen molar-refractivity contribution in [1.29, 1.82) is 0 Å². The number of hydrogen-bond acceptors (Lipinski definition) is 6. The van der Waals surface area contributed by atoms with Gasteiger partial charge in [-0.1, -0.05) is 6.07 Å². The molecule has 1 saturated heterocycles. The van der Waals surface area contributed by atoms with E-state index in [2.05, 4.69) is 4.90 Å². The number of carboxylic acid groups (broad SMARTS) is 1. The lowest BCUT2D eigenvalue weighted by Crippen LogP contribution is -2.39. The second-order valence-corrected chi connectivity index (χ2v) is 7.27. The monoisotopic (exact) mass is 399 g/mol. The lowest BCUT2D eigenvalue weighted by atomic mass is 9.90. The van der Waals surface area contributed by atoms with Crippen molar-refractivity contribution >= 4 is 5.97 Å². The quantitative estimate of drug-likeness (QED) is 0.798. The first-order chi connectivity index (χ1) is 14.1. The Balaban J connectivity index is 1.75. The minimum Gasteiger partial charge on any atom is -0.497 e. The summed E-state index contributed by atoms with van der Waals surface area (Å²) in [6, 6.07) is 11.6. The molecule has 1 unspecified atom stereocenters. The Morgan fingerprint density at radius 2 is 1.83 bits per heavy atom. The fourth-order valence-corrected chi connectivity index (χ4v) is 4.13. The van der Waals surface area contributed by atoms with Gasteiger partial charge in [0.05, 0.1) is 26.2 Å². The fraction of sp³-hybridized carbons (Fsp3) is 0.409. The van der Waals surface area contributed by atoms with Gasteiger partial charge in [-0.15, -0.1) is 0 Å². The summed E-state index contributed by atoms with van der Waals surface area (Å²) < 4.78 is 22.2. The van der Waals surface area contributed by atoms with E-state index in [1.807, 2.05) is 36.4 Å². The second-order valence-electron chi connectivity index (χ2n) is 7.27. The number of hydrogen-bond donors (Lipinski definition) is 1. The van der Waals surface area contributed by atoms with Crippen molar-refractivity contribution in [2.45, 2.75) is 18.9 Å². The van der Waals surface area contributed by atoms with E-state index in [-0.39, 0.29) is 18.8 Å². The molecule has 1 atom stereocenters. The van der Waals surface area contributed by atoms with Gasteiger partial charge in [-0.25, -0.2) is 0 Å². The van der Waals surface area contributed by atoms with E-state index in [0.29, 0.717) is 25.9 Å². The molecule has 1 N–H and O–H groups in total. The van der Waals surface area contributed by atoms with Crippen molar-refractivity contribution in [3.05, 3.63) is 47.5 Å². The van der Waals surface area contributed by atoms with Crippen LogP contribution in [0, 0.1) is 5.92 Å². The van der Waals surface area contributed by atoms with Crippen LogP contribution in [-0.4, -0.2) is 50.1 Å². The summed E-state index contributed by atoms with van der Waals surface area (Å²) in [6.45, 7) is 1.57. The highest BCUT2D eigenvalue weighted by Gasteiger charge is 2.32. The summed E-state index contributed by atoms with van der Waals surface area (Å²) in [7, 11) is 3.29. The predicted octanol–water partition coefficient (Wildman–Crippen LogP) is 3.32. The summed E-state index contributed by atoms with van der Waals surface area (Å²) >= 11 is 0. The Morgan fingerprint density at radius 3 is 2.52 bits per heavy atom. The molecule has 1 fully saturated rings. The summed E-state index contributed by atoms with van der Waals surface area (Å²) in [5.41, 5.74) is 2.01.